The zero-order valence-corrected chi connectivity index (χ0v) is 27.0. The van der Waals surface area contributed by atoms with E-state index < -0.39 is 9.84 Å². The van der Waals surface area contributed by atoms with E-state index in [4.69, 9.17) is 4.74 Å². The summed E-state index contributed by atoms with van der Waals surface area (Å²) in [7, 11) is -1.62. The third-order valence-corrected chi connectivity index (χ3v) is 10.1. The maximum atomic E-state index is 13.5. The van der Waals surface area contributed by atoms with Gasteiger partial charge in [0.05, 0.1) is 29.9 Å². The first-order chi connectivity index (χ1) is 20.6. The highest BCUT2D eigenvalue weighted by Gasteiger charge is 2.47. The molecule has 1 spiro atoms. The molecule has 2 heterocycles. The van der Waals surface area contributed by atoms with Crippen LogP contribution in [-0.4, -0.2) is 69.6 Å². The molecule has 0 radical (unpaired) electrons. The second-order valence-electron chi connectivity index (χ2n) is 11.9. The molecule has 2 aliphatic rings. The Bertz CT molecular complexity index is 1510. The summed E-state index contributed by atoms with van der Waals surface area (Å²) in [6, 6.07) is 24.4. The number of hydrogen-bond donors (Lipinski definition) is 1. The molecule has 0 aliphatic carbocycles. The number of nitrogens with zero attached hydrogens (tertiary/aromatic N) is 2. The molecule has 2 aliphatic heterocycles. The number of sulfone groups is 1. The average Bonchev–Trinajstić information content (AvgIpc) is 3.30. The van der Waals surface area contributed by atoms with Crippen molar-refractivity contribution in [2.45, 2.75) is 49.6 Å². The van der Waals surface area contributed by atoms with Crippen LogP contribution in [0.3, 0.4) is 0 Å². The summed E-state index contributed by atoms with van der Waals surface area (Å²) in [4.78, 5) is 31.2. The average molecular weight is 640 g/mol. The van der Waals surface area contributed by atoms with Crippen molar-refractivity contribution in [1.82, 2.24) is 15.1 Å². The number of amides is 2. The first-order valence-electron chi connectivity index (χ1n) is 14.9. The Morgan fingerprint density at radius 2 is 1.52 bits per heavy atom. The highest BCUT2D eigenvalue weighted by Crippen LogP contribution is 2.42. The smallest absolute Gasteiger partial charge is 0.229 e. The first kappa shape index (κ1) is 33.5. The molecule has 5 rings (SSSR count). The summed E-state index contributed by atoms with van der Waals surface area (Å²) in [6.45, 7) is 3.77. The lowest BCUT2D eigenvalue weighted by molar-refractivity contribution is -0.139. The predicted octanol–water partition coefficient (Wildman–Crippen LogP) is 4.83. The quantitative estimate of drug-likeness (QED) is 0.323. The van der Waals surface area contributed by atoms with Crippen molar-refractivity contribution in [2.24, 2.45) is 5.41 Å². The van der Waals surface area contributed by atoms with Crippen molar-refractivity contribution in [1.29, 1.82) is 0 Å². The van der Waals surface area contributed by atoms with Gasteiger partial charge in [0.2, 0.25) is 11.8 Å². The van der Waals surface area contributed by atoms with E-state index in [1.54, 1.807) is 31.4 Å². The van der Waals surface area contributed by atoms with Crippen LogP contribution in [0, 0.1) is 5.41 Å². The van der Waals surface area contributed by atoms with E-state index in [-0.39, 0.29) is 35.7 Å². The minimum Gasteiger partial charge on any atom is -0.497 e. The standard InChI is InChI=1S/C34H41N3O5S.ClH/c1-42-29-12-8-26(9-13-29)24-32(38)35-31(28-6-4-3-5-7-28)16-20-36-21-17-34(18-22-36)19-23-37(33(34)39)25-27-10-14-30(15-11-27)43(2,40)41;/h3-15,31H,16-25H2,1-2H3,(H,35,38);1H. The van der Waals surface area contributed by atoms with Crippen LogP contribution < -0.4 is 10.1 Å². The largest absolute Gasteiger partial charge is 0.497 e. The third-order valence-electron chi connectivity index (χ3n) is 8.93. The van der Waals surface area contributed by atoms with Gasteiger partial charge in [-0.3, -0.25) is 9.59 Å². The molecule has 3 aromatic rings. The molecule has 3 aromatic carbocycles. The molecule has 0 aromatic heterocycles. The number of carbonyl (C=O) groups is 2. The van der Waals surface area contributed by atoms with E-state index in [9.17, 15) is 18.0 Å². The summed E-state index contributed by atoms with van der Waals surface area (Å²) < 4.78 is 28.8. The summed E-state index contributed by atoms with van der Waals surface area (Å²) in [5, 5.41) is 3.26. The SMILES string of the molecule is COc1ccc(CC(=O)NC(CCN2CCC3(CC2)CCN(Cc2ccc(S(C)(=O)=O)cc2)C3=O)c2ccccc2)cc1.Cl. The molecule has 1 N–H and O–H groups in total. The summed E-state index contributed by atoms with van der Waals surface area (Å²) >= 11 is 0. The van der Waals surface area contributed by atoms with Crippen LogP contribution in [0.5, 0.6) is 5.75 Å². The Morgan fingerprint density at radius 3 is 2.14 bits per heavy atom. The molecule has 236 valence electrons. The molecule has 2 saturated heterocycles. The van der Waals surface area contributed by atoms with Crippen molar-refractivity contribution in [3.05, 3.63) is 95.6 Å². The van der Waals surface area contributed by atoms with Gasteiger partial charge < -0.3 is 19.9 Å². The lowest BCUT2D eigenvalue weighted by Gasteiger charge is -2.38. The Kier molecular flexibility index (Phi) is 11.1. The van der Waals surface area contributed by atoms with Crippen LogP contribution in [0.25, 0.3) is 0 Å². The number of likely N-dealkylation sites (tertiary alicyclic amines) is 2. The van der Waals surface area contributed by atoms with Gasteiger partial charge in [0.1, 0.15) is 5.75 Å². The van der Waals surface area contributed by atoms with Crippen molar-refractivity contribution in [3.63, 3.8) is 0 Å². The predicted molar refractivity (Wildman–Crippen MR) is 174 cm³/mol. The fourth-order valence-corrected chi connectivity index (χ4v) is 6.90. The summed E-state index contributed by atoms with van der Waals surface area (Å²) in [6.07, 6.45) is 4.80. The highest BCUT2D eigenvalue weighted by molar-refractivity contribution is 7.90. The fourth-order valence-electron chi connectivity index (χ4n) is 6.27. The number of rotatable bonds is 11. The molecule has 44 heavy (non-hydrogen) atoms. The van der Waals surface area contributed by atoms with Crippen molar-refractivity contribution in [2.75, 3.05) is 39.5 Å². The minimum absolute atomic E-state index is 0. The molecule has 10 heteroatoms. The van der Waals surface area contributed by atoms with Gasteiger partial charge in [-0.2, -0.15) is 0 Å². The van der Waals surface area contributed by atoms with Crippen LogP contribution in [0.1, 0.15) is 48.4 Å². The molecule has 0 saturated carbocycles. The van der Waals surface area contributed by atoms with Crippen LogP contribution in [0.2, 0.25) is 0 Å². The van der Waals surface area contributed by atoms with Gasteiger partial charge in [0.15, 0.2) is 9.84 Å². The van der Waals surface area contributed by atoms with Gasteiger partial charge in [-0.25, -0.2) is 8.42 Å². The normalized spacial score (nSPS) is 17.2. The number of halogens is 1. The van der Waals surface area contributed by atoms with Crippen LogP contribution in [-0.2, 0) is 32.4 Å². The van der Waals surface area contributed by atoms with Gasteiger partial charge in [-0.05, 0) is 79.7 Å². The Balaban J connectivity index is 0.00000442. The maximum Gasteiger partial charge on any atom is 0.229 e. The van der Waals surface area contributed by atoms with Gasteiger partial charge in [-0.15, -0.1) is 12.4 Å². The van der Waals surface area contributed by atoms with E-state index in [2.05, 4.69) is 22.3 Å². The number of benzene rings is 3. The molecule has 1 atom stereocenters. The third kappa shape index (κ3) is 8.20. The Morgan fingerprint density at radius 1 is 0.909 bits per heavy atom. The number of hydrogen-bond acceptors (Lipinski definition) is 6. The van der Waals surface area contributed by atoms with Crippen molar-refractivity contribution < 1.29 is 22.7 Å². The number of nitrogens with one attached hydrogen (secondary N) is 1. The summed E-state index contributed by atoms with van der Waals surface area (Å²) in [5.41, 5.74) is 2.66. The molecule has 1 unspecified atom stereocenters. The van der Waals surface area contributed by atoms with Gasteiger partial charge >= 0.3 is 0 Å². The highest BCUT2D eigenvalue weighted by atomic mass is 35.5. The van der Waals surface area contributed by atoms with Crippen molar-refractivity contribution in [3.8, 4) is 5.75 Å². The van der Waals surface area contributed by atoms with E-state index in [0.717, 1.165) is 74.3 Å². The molecule has 0 bridgehead atoms. The Labute approximate surface area is 267 Å². The molecular formula is C34H42ClN3O5S. The topological polar surface area (TPSA) is 96.0 Å². The monoisotopic (exact) mass is 639 g/mol. The van der Waals surface area contributed by atoms with E-state index in [0.29, 0.717) is 17.9 Å². The van der Waals surface area contributed by atoms with Gasteiger partial charge in [0.25, 0.3) is 0 Å². The lowest BCUT2D eigenvalue weighted by Crippen LogP contribution is -2.45. The minimum atomic E-state index is -3.24. The second-order valence-corrected chi connectivity index (χ2v) is 13.9. The van der Waals surface area contributed by atoms with E-state index >= 15 is 0 Å². The van der Waals surface area contributed by atoms with Crippen LogP contribution in [0.4, 0.5) is 0 Å². The number of methoxy groups -OCH3 is 1. The first-order valence-corrected chi connectivity index (χ1v) is 16.8. The summed E-state index contributed by atoms with van der Waals surface area (Å²) in [5.74, 6) is 0.967. The van der Waals surface area contributed by atoms with E-state index in [1.165, 1.54) is 6.26 Å². The van der Waals surface area contributed by atoms with Gasteiger partial charge in [-0.1, -0.05) is 54.6 Å². The van der Waals surface area contributed by atoms with Gasteiger partial charge in [0, 0.05) is 25.9 Å². The van der Waals surface area contributed by atoms with Crippen molar-refractivity contribution >= 4 is 34.1 Å². The Hall–Kier alpha value is -3.40. The number of ether oxygens (including phenoxy) is 1. The zero-order chi connectivity index (χ0) is 30.5. The number of carbonyl (C=O) groups excluding carboxylic acids is 2. The zero-order valence-electron chi connectivity index (χ0n) is 25.4. The fraction of sp³-hybridized carbons (Fsp3) is 0.412. The van der Waals surface area contributed by atoms with Crippen LogP contribution >= 0.6 is 12.4 Å². The second kappa shape index (κ2) is 14.6. The molecular weight excluding hydrogens is 598 g/mol. The maximum absolute atomic E-state index is 13.5. The molecule has 2 amide bonds. The van der Waals surface area contributed by atoms with Crippen LogP contribution in [0.15, 0.2) is 83.8 Å². The molecule has 2 fully saturated rings. The molecule has 8 nitrogen and oxygen atoms in total. The van der Waals surface area contributed by atoms with E-state index in [1.807, 2.05) is 47.4 Å². The lowest BCUT2D eigenvalue weighted by atomic mass is 9.77. The number of piperidine rings is 1.